The van der Waals surface area contributed by atoms with Crippen molar-refractivity contribution in [3.8, 4) is 0 Å². The predicted molar refractivity (Wildman–Crippen MR) is 93.7 cm³/mol. The van der Waals surface area contributed by atoms with Crippen LogP contribution in [0.1, 0.15) is 43.1 Å². The molecule has 0 N–H and O–H groups in total. The summed E-state index contributed by atoms with van der Waals surface area (Å²) < 4.78 is 2.49. The first-order valence-electron chi connectivity index (χ1n) is 7.79. The average molecular weight is 323 g/mol. The highest BCUT2D eigenvalue weighted by Gasteiger charge is 2.25. The third-order valence-corrected chi connectivity index (χ3v) is 5.98. The third kappa shape index (κ3) is 2.95. The first kappa shape index (κ1) is 15.2. The van der Waals surface area contributed by atoms with E-state index in [2.05, 4.69) is 35.9 Å². The van der Waals surface area contributed by atoms with Crippen LogP contribution in [0.4, 0.5) is 0 Å². The summed E-state index contributed by atoms with van der Waals surface area (Å²) in [5.74, 6) is 1.81. The summed E-state index contributed by atoms with van der Waals surface area (Å²) in [6, 6.07) is 7.11. The van der Waals surface area contributed by atoms with Crippen LogP contribution in [0.3, 0.4) is 0 Å². The van der Waals surface area contributed by atoms with Crippen molar-refractivity contribution in [2.75, 3.05) is 12.1 Å². The first-order valence-corrected chi connectivity index (χ1v) is 9.62. The SMILES string of the molecule is CSC1CCC(n2c(CCCl)nc3c(C)cccc32)CC1. The molecule has 1 aromatic carbocycles. The summed E-state index contributed by atoms with van der Waals surface area (Å²) >= 11 is 8.02. The fourth-order valence-electron chi connectivity index (χ4n) is 3.51. The van der Waals surface area contributed by atoms with Gasteiger partial charge in [-0.05, 0) is 50.5 Å². The van der Waals surface area contributed by atoms with E-state index in [0.29, 0.717) is 11.9 Å². The number of thioether (sulfide) groups is 1. The van der Waals surface area contributed by atoms with Crippen molar-refractivity contribution in [2.24, 2.45) is 0 Å². The van der Waals surface area contributed by atoms with E-state index < -0.39 is 0 Å². The second kappa shape index (κ2) is 6.62. The van der Waals surface area contributed by atoms with E-state index in [-0.39, 0.29) is 0 Å². The maximum Gasteiger partial charge on any atom is 0.111 e. The molecule has 0 bridgehead atoms. The molecule has 0 saturated heterocycles. The van der Waals surface area contributed by atoms with Crippen LogP contribution in [-0.2, 0) is 6.42 Å². The van der Waals surface area contributed by atoms with Crippen molar-refractivity contribution in [3.05, 3.63) is 29.6 Å². The summed E-state index contributed by atoms with van der Waals surface area (Å²) in [6.07, 6.45) is 8.26. The van der Waals surface area contributed by atoms with Gasteiger partial charge in [-0.25, -0.2) is 4.98 Å². The van der Waals surface area contributed by atoms with Gasteiger partial charge in [0.15, 0.2) is 0 Å². The maximum absolute atomic E-state index is 6.00. The molecule has 2 nitrogen and oxygen atoms in total. The molecule has 3 rings (SSSR count). The zero-order valence-electron chi connectivity index (χ0n) is 12.8. The lowest BCUT2D eigenvalue weighted by Crippen LogP contribution is -2.21. The van der Waals surface area contributed by atoms with Crippen LogP contribution in [0.5, 0.6) is 0 Å². The third-order valence-electron chi connectivity index (χ3n) is 4.66. The van der Waals surface area contributed by atoms with Gasteiger partial charge in [0.25, 0.3) is 0 Å². The number of alkyl halides is 1. The number of halogens is 1. The van der Waals surface area contributed by atoms with Gasteiger partial charge in [-0.3, -0.25) is 0 Å². The quantitative estimate of drug-likeness (QED) is 0.739. The summed E-state index contributed by atoms with van der Waals surface area (Å²) in [4.78, 5) is 4.89. The normalized spacial score (nSPS) is 22.8. The number of fused-ring (bicyclic) bond motifs is 1. The minimum atomic E-state index is 0.596. The van der Waals surface area contributed by atoms with Crippen molar-refractivity contribution in [3.63, 3.8) is 0 Å². The Morgan fingerprint density at radius 1 is 1.29 bits per heavy atom. The Morgan fingerprint density at radius 2 is 2.05 bits per heavy atom. The molecule has 1 heterocycles. The fraction of sp³-hybridized carbons (Fsp3) is 0.588. The Labute approximate surface area is 136 Å². The van der Waals surface area contributed by atoms with Crippen LogP contribution >= 0.6 is 23.4 Å². The van der Waals surface area contributed by atoms with Crippen molar-refractivity contribution in [1.29, 1.82) is 0 Å². The van der Waals surface area contributed by atoms with Gasteiger partial charge < -0.3 is 4.57 Å². The molecule has 4 heteroatoms. The Bertz CT molecular complexity index is 615. The zero-order chi connectivity index (χ0) is 14.8. The molecule has 21 heavy (non-hydrogen) atoms. The highest BCUT2D eigenvalue weighted by molar-refractivity contribution is 7.99. The second-order valence-electron chi connectivity index (χ2n) is 5.95. The van der Waals surface area contributed by atoms with Crippen molar-refractivity contribution < 1.29 is 0 Å². The van der Waals surface area contributed by atoms with Crippen molar-refractivity contribution in [1.82, 2.24) is 9.55 Å². The summed E-state index contributed by atoms with van der Waals surface area (Å²) in [7, 11) is 0. The minimum absolute atomic E-state index is 0.596. The van der Waals surface area contributed by atoms with Crippen molar-refractivity contribution >= 4 is 34.4 Å². The van der Waals surface area contributed by atoms with Crippen LogP contribution in [0, 0.1) is 6.92 Å². The number of nitrogens with zero attached hydrogens (tertiary/aromatic N) is 2. The Hall–Kier alpha value is -0.670. The molecular formula is C17H23ClN2S. The molecule has 0 amide bonds. The largest absolute Gasteiger partial charge is 0.325 e. The van der Waals surface area contributed by atoms with Gasteiger partial charge in [-0.15, -0.1) is 11.6 Å². The van der Waals surface area contributed by atoms with E-state index in [1.165, 1.54) is 42.6 Å². The maximum atomic E-state index is 6.00. The Balaban J connectivity index is 2.00. The second-order valence-corrected chi connectivity index (χ2v) is 7.46. The lowest BCUT2D eigenvalue weighted by molar-refractivity contribution is 0.359. The summed E-state index contributed by atoms with van der Waals surface area (Å²) in [6.45, 7) is 2.15. The number of aromatic nitrogens is 2. The van der Waals surface area contributed by atoms with Gasteiger partial charge in [0.05, 0.1) is 11.0 Å². The highest BCUT2D eigenvalue weighted by Crippen LogP contribution is 2.36. The highest BCUT2D eigenvalue weighted by atomic mass is 35.5. The Kier molecular flexibility index (Phi) is 4.80. The Morgan fingerprint density at radius 3 is 2.71 bits per heavy atom. The van der Waals surface area contributed by atoms with E-state index in [9.17, 15) is 0 Å². The van der Waals surface area contributed by atoms with E-state index in [4.69, 9.17) is 16.6 Å². The van der Waals surface area contributed by atoms with E-state index >= 15 is 0 Å². The number of benzene rings is 1. The smallest absolute Gasteiger partial charge is 0.111 e. The molecule has 1 aromatic heterocycles. The molecule has 2 aromatic rings. The number of rotatable bonds is 4. The number of imidazole rings is 1. The number of aryl methyl sites for hydroxylation is 2. The number of para-hydroxylation sites is 1. The molecule has 0 radical (unpaired) electrons. The molecular weight excluding hydrogens is 300 g/mol. The van der Waals surface area contributed by atoms with E-state index in [0.717, 1.165) is 17.2 Å². The fourth-order valence-corrected chi connectivity index (χ4v) is 4.43. The van der Waals surface area contributed by atoms with Gasteiger partial charge >= 0.3 is 0 Å². The van der Waals surface area contributed by atoms with Crippen molar-refractivity contribution in [2.45, 2.75) is 50.3 Å². The van der Waals surface area contributed by atoms with Crippen LogP contribution in [0.2, 0.25) is 0 Å². The predicted octanol–water partition coefficient (Wildman–Crippen LogP) is 4.97. The molecule has 114 valence electrons. The molecule has 0 unspecified atom stereocenters. The topological polar surface area (TPSA) is 17.8 Å². The average Bonchev–Trinajstić information content (AvgIpc) is 2.87. The van der Waals surface area contributed by atoms with Crippen LogP contribution in [0.15, 0.2) is 18.2 Å². The minimum Gasteiger partial charge on any atom is -0.325 e. The first-order chi connectivity index (χ1) is 10.2. The lowest BCUT2D eigenvalue weighted by atomic mass is 9.94. The molecule has 1 aliphatic rings. The summed E-state index contributed by atoms with van der Waals surface area (Å²) in [5.41, 5.74) is 3.71. The zero-order valence-corrected chi connectivity index (χ0v) is 14.4. The van der Waals surface area contributed by atoms with Crippen LogP contribution in [0.25, 0.3) is 11.0 Å². The monoisotopic (exact) mass is 322 g/mol. The van der Waals surface area contributed by atoms with Gasteiger partial charge in [-0.1, -0.05) is 12.1 Å². The van der Waals surface area contributed by atoms with Crippen LogP contribution < -0.4 is 0 Å². The van der Waals surface area contributed by atoms with Gasteiger partial charge in [-0.2, -0.15) is 11.8 Å². The summed E-state index contributed by atoms with van der Waals surface area (Å²) in [5, 5.41) is 0.842. The lowest BCUT2D eigenvalue weighted by Gasteiger charge is -2.30. The van der Waals surface area contributed by atoms with Gasteiger partial charge in [0, 0.05) is 23.6 Å². The van der Waals surface area contributed by atoms with Gasteiger partial charge in [0.1, 0.15) is 5.82 Å². The number of hydrogen-bond donors (Lipinski definition) is 0. The number of hydrogen-bond acceptors (Lipinski definition) is 2. The van der Waals surface area contributed by atoms with Gasteiger partial charge in [0.2, 0.25) is 0 Å². The molecule has 1 saturated carbocycles. The molecule has 1 aliphatic carbocycles. The molecule has 0 atom stereocenters. The van der Waals surface area contributed by atoms with Crippen LogP contribution in [-0.4, -0.2) is 26.9 Å². The standard InChI is InChI=1S/C17H23ClN2S/c1-12-4-3-5-15-17(12)19-16(10-11-18)20(15)13-6-8-14(21-2)9-7-13/h3-5,13-14H,6-11H2,1-2H3. The van der Waals surface area contributed by atoms with E-state index in [1.807, 2.05) is 11.8 Å². The van der Waals surface area contributed by atoms with E-state index in [1.54, 1.807) is 0 Å². The molecule has 0 spiro atoms. The molecule has 0 aliphatic heterocycles. The molecule has 1 fully saturated rings.